The lowest BCUT2D eigenvalue weighted by molar-refractivity contribution is 0.565. The molecule has 0 spiro atoms. The molecule has 0 radical (unpaired) electrons. The van der Waals surface area contributed by atoms with Gasteiger partial charge in [-0.15, -0.1) is 11.3 Å². The zero-order valence-corrected chi connectivity index (χ0v) is 11.4. The monoisotopic (exact) mass is 270 g/mol. The Kier molecular flexibility index (Phi) is 4.15. The Morgan fingerprint density at radius 1 is 1.47 bits per heavy atom. The number of nitrogens with zero attached hydrogens (tertiary/aromatic N) is 3. The highest BCUT2D eigenvalue weighted by Crippen LogP contribution is 2.21. The maximum Gasteiger partial charge on any atom is 0.164 e. The third-order valence-corrected chi connectivity index (χ3v) is 3.41. The Labute approximate surface area is 110 Å². The standard InChI is InChI=1S/C11H15ClN4S/c1-8(2)13-5-11-14-7-16(15-11)6-9-3-4-10(12)17-9/h3-4,7-8,13H,5-6H2,1-2H3. The minimum atomic E-state index is 0.443. The van der Waals surface area contributed by atoms with Crippen LogP contribution in [-0.4, -0.2) is 20.8 Å². The van der Waals surface area contributed by atoms with E-state index in [2.05, 4.69) is 29.2 Å². The quantitative estimate of drug-likeness (QED) is 0.908. The molecule has 0 unspecified atom stereocenters. The van der Waals surface area contributed by atoms with Gasteiger partial charge in [-0.05, 0) is 12.1 Å². The first-order valence-electron chi connectivity index (χ1n) is 5.49. The molecule has 17 heavy (non-hydrogen) atoms. The Hall–Kier alpha value is -0.910. The van der Waals surface area contributed by atoms with Gasteiger partial charge in [-0.25, -0.2) is 9.67 Å². The second-order valence-corrected chi connectivity index (χ2v) is 5.90. The van der Waals surface area contributed by atoms with Crippen molar-refractivity contribution in [3.63, 3.8) is 0 Å². The first kappa shape index (κ1) is 12.5. The van der Waals surface area contributed by atoms with Crippen LogP contribution in [0, 0.1) is 0 Å². The smallest absolute Gasteiger partial charge is 0.164 e. The van der Waals surface area contributed by atoms with Crippen molar-refractivity contribution in [3.05, 3.63) is 33.5 Å². The predicted octanol–water partition coefficient (Wildman–Crippen LogP) is 2.54. The summed E-state index contributed by atoms with van der Waals surface area (Å²) in [5, 5.41) is 7.68. The first-order chi connectivity index (χ1) is 8.13. The van der Waals surface area contributed by atoms with E-state index >= 15 is 0 Å². The van der Waals surface area contributed by atoms with Gasteiger partial charge in [0.25, 0.3) is 0 Å². The van der Waals surface area contributed by atoms with Gasteiger partial charge in [0, 0.05) is 10.9 Å². The molecule has 0 saturated heterocycles. The molecular formula is C11H15ClN4S. The summed E-state index contributed by atoms with van der Waals surface area (Å²) >= 11 is 7.45. The Bertz CT molecular complexity index is 477. The van der Waals surface area contributed by atoms with Crippen molar-refractivity contribution >= 4 is 22.9 Å². The summed E-state index contributed by atoms with van der Waals surface area (Å²) in [5.41, 5.74) is 0. The van der Waals surface area contributed by atoms with Gasteiger partial charge in [0.15, 0.2) is 5.82 Å². The van der Waals surface area contributed by atoms with E-state index in [4.69, 9.17) is 11.6 Å². The Morgan fingerprint density at radius 2 is 2.29 bits per heavy atom. The Morgan fingerprint density at radius 3 is 2.94 bits per heavy atom. The summed E-state index contributed by atoms with van der Waals surface area (Å²) in [6.07, 6.45) is 1.75. The molecule has 2 aromatic rings. The third-order valence-electron chi connectivity index (χ3n) is 2.20. The van der Waals surface area contributed by atoms with E-state index in [1.807, 2.05) is 16.8 Å². The van der Waals surface area contributed by atoms with E-state index in [-0.39, 0.29) is 0 Å². The molecule has 2 rings (SSSR count). The number of aromatic nitrogens is 3. The molecule has 0 aliphatic carbocycles. The van der Waals surface area contributed by atoms with Gasteiger partial charge in [0.05, 0.1) is 17.4 Å². The van der Waals surface area contributed by atoms with Crippen molar-refractivity contribution in [2.75, 3.05) is 0 Å². The summed E-state index contributed by atoms with van der Waals surface area (Å²) in [6, 6.07) is 4.36. The number of rotatable bonds is 5. The lowest BCUT2D eigenvalue weighted by atomic mass is 10.4. The predicted molar refractivity (Wildman–Crippen MR) is 70.4 cm³/mol. The fourth-order valence-electron chi connectivity index (χ4n) is 1.38. The van der Waals surface area contributed by atoms with E-state index in [0.29, 0.717) is 12.6 Å². The van der Waals surface area contributed by atoms with Crippen molar-refractivity contribution in [1.82, 2.24) is 20.1 Å². The molecule has 0 amide bonds. The largest absolute Gasteiger partial charge is 0.308 e. The van der Waals surface area contributed by atoms with E-state index in [0.717, 1.165) is 16.7 Å². The second kappa shape index (κ2) is 5.62. The van der Waals surface area contributed by atoms with Crippen LogP contribution in [0.1, 0.15) is 24.5 Å². The maximum atomic E-state index is 5.88. The molecule has 0 bridgehead atoms. The molecule has 0 aliphatic heterocycles. The number of halogens is 1. The minimum Gasteiger partial charge on any atom is -0.308 e. The molecule has 0 atom stereocenters. The van der Waals surface area contributed by atoms with Gasteiger partial charge in [-0.3, -0.25) is 0 Å². The number of hydrogen-bond donors (Lipinski definition) is 1. The molecule has 4 nitrogen and oxygen atoms in total. The zero-order valence-electron chi connectivity index (χ0n) is 9.85. The van der Waals surface area contributed by atoms with Crippen LogP contribution in [-0.2, 0) is 13.1 Å². The fourth-order valence-corrected chi connectivity index (χ4v) is 2.46. The zero-order chi connectivity index (χ0) is 12.3. The van der Waals surface area contributed by atoms with Crippen molar-refractivity contribution in [3.8, 4) is 0 Å². The van der Waals surface area contributed by atoms with E-state index in [1.54, 1.807) is 17.7 Å². The molecular weight excluding hydrogens is 256 g/mol. The molecule has 0 aromatic carbocycles. The van der Waals surface area contributed by atoms with Crippen LogP contribution < -0.4 is 5.32 Å². The average Bonchev–Trinajstić information content (AvgIpc) is 2.86. The lowest BCUT2D eigenvalue weighted by Gasteiger charge is -2.04. The molecule has 92 valence electrons. The van der Waals surface area contributed by atoms with Crippen molar-refractivity contribution in [2.24, 2.45) is 0 Å². The highest BCUT2D eigenvalue weighted by atomic mass is 35.5. The normalized spacial score (nSPS) is 11.3. The lowest BCUT2D eigenvalue weighted by Crippen LogP contribution is -2.22. The summed E-state index contributed by atoms with van der Waals surface area (Å²) in [7, 11) is 0. The highest BCUT2D eigenvalue weighted by Gasteiger charge is 2.04. The molecule has 0 fully saturated rings. The topological polar surface area (TPSA) is 42.7 Å². The molecule has 2 aromatic heterocycles. The van der Waals surface area contributed by atoms with Gasteiger partial charge in [-0.1, -0.05) is 25.4 Å². The molecule has 1 N–H and O–H groups in total. The number of thiophene rings is 1. The van der Waals surface area contributed by atoms with E-state index in [1.165, 1.54) is 4.88 Å². The summed E-state index contributed by atoms with van der Waals surface area (Å²) in [5.74, 6) is 0.821. The first-order valence-corrected chi connectivity index (χ1v) is 6.69. The molecule has 0 aliphatic rings. The SMILES string of the molecule is CC(C)NCc1ncn(Cc2ccc(Cl)s2)n1. The average molecular weight is 271 g/mol. The maximum absolute atomic E-state index is 5.88. The van der Waals surface area contributed by atoms with Gasteiger partial charge in [0.1, 0.15) is 6.33 Å². The Balaban J connectivity index is 1.94. The van der Waals surface area contributed by atoms with Crippen LogP contribution in [0.5, 0.6) is 0 Å². The number of hydrogen-bond acceptors (Lipinski definition) is 4. The number of nitrogens with one attached hydrogen (secondary N) is 1. The third kappa shape index (κ3) is 3.80. The highest BCUT2D eigenvalue weighted by molar-refractivity contribution is 7.16. The second-order valence-electron chi connectivity index (χ2n) is 4.10. The van der Waals surface area contributed by atoms with Crippen LogP contribution in [0.3, 0.4) is 0 Å². The van der Waals surface area contributed by atoms with Gasteiger partial charge < -0.3 is 5.32 Å². The van der Waals surface area contributed by atoms with Crippen LogP contribution in [0.15, 0.2) is 18.5 Å². The molecule has 2 heterocycles. The summed E-state index contributed by atoms with van der Waals surface area (Å²) < 4.78 is 2.64. The van der Waals surface area contributed by atoms with Crippen molar-refractivity contribution in [1.29, 1.82) is 0 Å². The van der Waals surface area contributed by atoms with Crippen LogP contribution in [0.25, 0.3) is 0 Å². The summed E-state index contributed by atoms with van der Waals surface area (Å²) in [6.45, 7) is 5.64. The van der Waals surface area contributed by atoms with Crippen LogP contribution in [0.2, 0.25) is 4.34 Å². The van der Waals surface area contributed by atoms with Gasteiger partial charge >= 0.3 is 0 Å². The molecule has 0 saturated carbocycles. The van der Waals surface area contributed by atoms with Crippen molar-refractivity contribution < 1.29 is 0 Å². The van der Waals surface area contributed by atoms with Gasteiger partial charge in [-0.2, -0.15) is 5.10 Å². The summed E-state index contributed by atoms with van der Waals surface area (Å²) in [4.78, 5) is 5.44. The van der Waals surface area contributed by atoms with Crippen molar-refractivity contribution in [2.45, 2.75) is 33.0 Å². The fraction of sp³-hybridized carbons (Fsp3) is 0.455. The van der Waals surface area contributed by atoms with Crippen LogP contribution >= 0.6 is 22.9 Å². The van der Waals surface area contributed by atoms with E-state index in [9.17, 15) is 0 Å². The van der Waals surface area contributed by atoms with Gasteiger partial charge in [0.2, 0.25) is 0 Å². The van der Waals surface area contributed by atoms with E-state index < -0.39 is 0 Å². The van der Waals surface area contributed by atoms with Crippen LogP contribution in [0.4, 0.5) is 0 Å². The minimum absolute atomic E-state index is 0.443. The molecule has 6 heteroatoms.